The van der Waals surface area contributed by atoms with Crippen molar-refractivity contribution >= 4 is 23.2 Å². The van der Waals surface area contributed by atoms with E-state index in [1.807, 2.05) is 0 Å². The van der Waals surface area contributed by atoms with Crippen LogP contribution in [0.5, 0.6) is 0 Å². The fourth-order valence-corrected chi connectivity index (χ4v) is 3.69. The Labute approximate surface area is 143 Å². The van der Waals surface area contributed by atoms with E-state index in [-0.39, 0.29) is 11.8 Å². The largest absolute Gasteiger partial charge is 0.355 e. The van der Waals surface area contributed by atoms with Gasteiger partial charge in [0.05, 0.1) is 6.54 Å². The van der Waals surface area contributed by atoms with Crippen LogP contribution in [0.4, 0.5) is 0 Å². The second-order valence-electron chi connectivity index (χ2n) is 6.01. The number of nitrogens with zero attached hydrogens (tertiary/aromatic N) is 1. The van der Waals surface area contributed by atoms with E-state index in [9.17, 15) is 4.79 Å². The molecule has 5 nitrogen and oxygen atoms in total. The van der Waals surface area contributed by atoms with Gasteiger partial charge in [0.2, 0.25) is 5.91 Å². The molecule has 6 heteroatoms. The monoisotopic (exact) mass is 336 g/mol. The minimum Gasteiger partial charge on any atom is -0.355 e. The molecule has 0 bridgehead atoms. The van der Waals surface area contributed by atoms with Gasteiger partial charge in [0.15, 0.2) is 5.96 Å². The highest BCUT2D eigenvalue weighted by Gasteiger charge is 2.20. The number of guanidine groups is 1. The fraction of sp³-hybridized carbons (Fsp3) is 0.647. The first-order valence-electron chi connectivity index (χ1n) is 8.46. The number of amides is 1. The number of carbonyl (C=O) groups is 1. The number of hydrogen-bond acceptors (Lipinski definition) is 3. The van der Waals surface area contributed by atoms with E-state index in [1.54, 1.807) is 18.4 Å². The van der Waals surface area contributed by atoms with Crippen LogP contribution in [-0.4, -0.2) is 32.0 Å². The van der Waals surface area contributed by atoms with Gasteiger partial charge in [-0.3, -0.25) is 9.79 Å². The molecule has 0 atom stereocenters. The summed E-state index contributed by atoms with van der Waals surface area (Å²) in [6.45, 7) is 4.21. The molecule has 0 saturated heterocycles. The molecule has 1 aliphatic carbocycles. The van der Waals surface area contributed by atoms with Gasteiger partial charge in [0, 0.05) is 30.9 Å². The Morgan fingerprint density at radius 3 is 2.61 bits per heavy atom. The minimum absolute atomic E-state index is 0.212. The van der Waals surface area contributed by atoms with Crippen molar-refractivity contribution in [3.05, 3.63) is 21.9 Å². The molecule has 1 aromatic rings. The first kappa shape index (κ1) is 17.8. The third kappa shape index (κ3) is 5.86. The van der Waals surface area contributed by atoms with Crippen molar-refractivity contribution in [2.75, 3.05) is 20.1 Å². The Morgan fingerprint density at radius 1 is 1.22 bits per heavy atom. The molecule has 0 aliphatic heterocycles. The molecule has 0 spiro atoms. The molecule has 0 aromatic carbocycles. The number of carbonyl (C=O) groups excluding carboxylic acids is 1. The molecule has 1 fully saturated rings. The van der Waals surface area contributed by atoms with Gasteiger partial charge in [-0.1, -0.05) is 19.3 Å². The SMILES string of the molecule is CN=C(NCCNC(=O)C1CCCCC1)NCc1sccc1C. The summed E-state index contributed by atoms with van der Waals surface area (Å²) in [5, 5.41) is 11.7. The molecule has 3 N–H and O–H groups in total. The van der Waals surface area contributed by atoms with E-state index in [4.69, 9.17) is 0 Å². The molecule has 0 unspecified atom stereocenters. The van der Waals surface area contributed by atoms with Crippen molar-refractivity contribution in [3.8, 4) is 0 Å². The highest BCUT2D eigenvalue weighted by atomic mass is 32.1. The zero-order valence-electron chi connectivity index (χ0n) is 14.2. The van der Waals surface area contributed by atoms with Crippen LogP contribution in [0.1, 0.15) is 42.5 Å². The third-order valence-electron chi connectivity index (χ3n) is 4.30. The maximum atomic E-state index is 12.0. The summed E-state index contributed by atoms with van der Waals surface area (Å²) in [6.07, 6.45) is 5.74. The van der Waals surface area contributed by atoms with E-state index in [2.05, 4.69) is 39.3 Å². The molecular formula is C17H28N4OS. The quantitative estimate of drug-likeness (QED) is 0.425. The van der Waals surface area contributed by atoms with Crippen LogP contribution >= 0.6 is 11.3 Å². The van der Waals surface area contributed by atoms with Crippen LogP contribution in [0.25, 0.3) is 0 Å². The van der Waals surface area contributed by atoms with Gasteiger partial charge in [-0.25, -0.2) is 0 Å². The number of nitrogens with one attached hydrogen (secondary N) is 3. The van der Waals surface area contributed by atoms with E-state index in [0.29, 0.717) is 13.1 Å². The third-order valence-corrected chi connectivity index (χ3v) is 5.32. The first-order chi connectivity index (χ1) is 11.2. The zero-order valence-corrected chi connectivity index (χ0v) is 15.0. The van der Waals surface area contributed by atoms with Crippen molar-refractivity contribution in [2.45, 2.75) is 45.6 Å². The molecule has 1 aliphatic rings. The van der Waals surface area contributed by atoms with E-state index in [0.717, 1.165) is 25.3 Å². The number of aryl methyl sites for hydroxylation is 1. The predicted octanol–water partition coefficient (Wildman–Crippen LogP) is 2.42. The van der Waals surface area contributed by atoms with Gasteiger partial charge >= 0.3 is 0 Å². The van der Waals surface area contributed by atoms with E-state index in [1.165, 1.54) is 29.7 Å². The topological polar surface area (TPSA) is 65.5 Å². The maximum absolute atomic E-state index is 12.0. The number of thiophene rings is 1. The highest BCUT2D eigenvalue weighted by molar-refractivity contribution is 7.10. The predicted molar refractivity (Wildman–Crippen MR) is 96.8 cm³/mol. The molecule has 1 heterocycles. The summed E-state index contributed by atoms with van der Waals surface area (Å²) in [5.41, 5.74) is 1.30. The van der Waals surface area contributed by atoms with Gasteiger partial charge in [-0.05, 0) is 36.8 Å². The summed E-state index contributed by atoms with van der Waals surface area (Å²) >= 11 is 1.75. The van der Waals surface area contributed by atoms with Gasteiger partial charge in [0.1, 0.15) is 0 Å². The Balaban J connectivity index is 1.62. The summed E-state index contributed by atoms with van der Waals surface area (Å²) in [6, 6.07) is 2.12. The van der Waals surface area contributed by atoms with Crippen LogP contribution in [0.3, 0.4) is 0 Å². The average Bonchev–Trinajstić information content (AvgIpc) is 3.00. The molecule has 0 radical (unpaired) electrons. The van der Waals surface area contributed by atoms with Crippen LogP contribution in [0, 0.1) is 12.8 Å². The second kappa shape index (κ2) is 9.55. The first-order valence-corrected chi connectivity index (χ1v) is 9.34. The average molecular weight is 337 g/mol. The fourth-order valence-electron chi connectivity index (χ4n) is 2.85. The Hall–Kier alpha value is -1.56. The Bertz CT molecular complexity index is 520. The molecule has 1 amide bonds. The van der Waals surface area contributed by atoms with Crippen LogP contribution in [0.2, 0.25) is 0 Å². The van der Waals surface area contributed by atoms with Gasteiger partial charge in [-0.15, -0.1) is 11.3 Å². The Kier molecular flexibility index (Phi) is 7.39. The standard InChI is InChI=1S/C17H28N4OS/c1-13-8-11-23-15(13)12-21-17(18-2)20-10-9-19-16(22)14-6-4-3-5-7-14/h8,11,14H,3-7,9-10,12H2,1-2H3,(H,19,22)(H2,18,20,21). The summed E-state index contributed by atoms with van der Waals surface area (Å²) < 4.78 is 0. The van der Waals surface area contributed by atoms with Crippen molar-refractivity contribution in [3.63, 3.8) is 0 Å². The second-order valence-corrected chi connectivity index (χ2v) is 7.01. The number of hydrogen-bond donors (Lipinski definition) is 3. The molecule has 23 heavy (non-hydrogen) atoms. The lowest BCUT2D eigenvalue weighted by molar-refractivity contribution is -0.125. The lowest BCUT2D eigenvalue weighted by Crippen LogP contribution is -2.42. The molecule has 128 valence electrons. The summed E-state index contributed by atoms with van der Waals surface area (Å²) in [7, 11) is 1.76. The smallest absolute Gasteiger partial charge is 0.223 e. The van der Waals surface area contributed by atoms with Crippen molar-refractivity contribution in [1.29, 1.82) is 0 Å². The molecular weight excluding hydrogens is 308 g/mol. The summed E-state index contributed by atoms with van der Waals surface area (Å²) in [5.74, 6) is 1.20. The highest BCUT2D eigenvalue weighted by Crippen LogP contribution is 2.23. The van der Waals surface area contributed by atoms with E-state index >= 15 is 0 Å². The molecule has 1 aromatic heterocycles. The maximum Gasteiger partial charge on any atom is 0.223 e. The number of rotatable bonds is 6. The van der Waals surface area contributed by atoms with Crippen LogP contribution < -0.4 is 16.0 Å². The minimum atomic E-state index is 0.212. The molecule has 2 rings (SSSR count). The normalized spacial score (nSPS) is 16.2. The van der Waals surface area contributed by atoms with Crippen molar-refractivity contribution in [2.24, 2.45) is 10.9 Å². The van der Waals surface area contributed by atoms with E-state index < -0.39 is 0 Å². The van der Waals surface area contributed by atoms with Gasteiger partial charge in [-0.2, -0.15) is 0 Å². The summed E-state index contributed by atoms with van der Waals surface area (Å²) in [4.78, 5) is 17.6. The van der Waals surface area contributed by atoms with Crippen molar-refractivity contribution < 1.29 is 4.79 Å². The number of aliphatic imine (C=N–C) groups is 1. The van der Waals surface area contributed by atoms with Crippen LogP contribution in [0.15, 0.2) is 16.4 Å². The van der Waals surface area contributed by atoms with Crippen molar-refractivity contribution in [1.82, 2.24) is 16.0 Å². The van der Waals surface area contributed by atoms with Gasteiger partial charge < -0.3 is 16.0 Å². The lowest BCUT2D eigenvalue weighted by atomic mass is 9.89. The lowest BCUT2D eigenvalue weighted by Gasteiger charge is -2.21. The molecule has 1 saturated carbocycles. The zero-order chi connectivity index (χ0) is 16.5. The van der Waals surface area contributed by atoms with Crippen LogP contribution in [-0.2, 0) is 11.3 Å². The van der Waals surface area contributed by atoms with Gasteiger partial charge in [0.25, 0.3) is 0 Å². The Morgan fingerprint density at radius 2 is 1.96 bits per heavy atom.